The topological polar surface area (TPSA) is 113 Å². The number of rotatable bonds is 6. The number of H-pyrrole nitrogens is 1. The third-order valence-corrected chi connectivity index (χ3v) is 6.61. The van der Waals surface area contributed by atoms with Crippen LogP contribution in [0.2, 0.25) is 0 Å². The van der Waals surface area contributed by atoms with Crippen LogP contribution >= 0.6 is 11.3 Å². The van der Waals surface area contributed by atoms with Crippen molar-refractivity contribution in [1.29, 1.82) is 0 Å². The number of thiophene rings is 1. The lowest BCUT2D eigenvalue weighted by Crippen LogP contribution is -2.21. The van der Waals surface area contributed by atoms with E-state index in [1.54, 1.807) is 23.9 Å². The lowest BCUT2D eigenvalue weighted by atomic mass is 9.88. The minimum Gasteiger partial charge on any atom is -0.491 e. The van der Waals surface area contributed by atoms with Gasteiger partial charge in [0, 0.05) is 16.3 Å². The monoisotopic (exact) mass is 423 g/mol. The van der Waals surface area contributed by atoms with Crippen molar-refractivity contribution in [2.45, 2.75) is 32.6 Å². The summed E-state index contributed by atoms with van der Waals surface area (Å²) < 4.78 is 5.97. The maximum atomic E-state index is 11.4. The first-order chi connectivity index (χ1) is 14.6. The number of anilines is 2. The average molecular weight is 423 g/mol. The van der Waals surface area contributed by atoms with Crippen LogP contribution in [0.15, 0.2) is 24.7 Å². The summed E-state index contributed by atoms with van der Waals surface area (Å²) in [6.07, 6.45) is 6.13. The first-order valence-electron chi connectivity index (χ1n) is 9.99. The molecule has 0 saturated heterocycles. The molecule has 0 bridgehead atoms. The molecule has 5 rings (SSSR count). The van der Waals surface area contributed by atoms with Crippen LogP contribution in [0.4, 0.5) is 11.5 Å². The Hall–Kier alpha value is -3.20. The molecule has 1 aliphatic carbocycles. The molecule has 4 aromatic rings. The number of carboxylic acid groups (broad SMARTS) is 1. The Bertz CT molecular complexity index is 1250. The number of carboxylic acids is 1. The number of hydrogen-bond acceptors (Lipinski definition) is 7. The van der Waals surface area contributed by atoms with Gasteiger partial charge in [-0.3, -0.25) is 9.89 Å². The number of carbonyl (C=O) groups is 1. The molecule has 3 N–H and O–H groups in total. The molecular weight excluding hydrogens is 402 g/mol. The fourth-order valence-corrected chi connectivity index (χ4v) is 5.21. The van der Waals surface area contributed by atoms with Crippen LogP contribution in [0.1, 0.15) is 30.2 Å². The van der Waals surface area contributed by atoms with Crippen molar-refractivity contribution in [3.8, 4) is 5.75 Å². The summed E-state index contributed by atoms with van der Waals surface area (Å²) in [5.41, 5.74) is 2.89. The van der Waals surface area contributed by atoms with E-state index in [0.29, 0.717) is 25.9 Å². The summed E-state index contributed by atoms with van der Waals surface area (Å²) in [7, 11) is 0. The van der Waals surface area contributed by atoms with E-state index in [0.717, 1.165) is 55.2 Å². The fourth-order valence-electron chi connectivity index (χ4n) is 3.94. The molecule has 8 nitrogen and oxygen atoms in total. The second-order valence-electron chi connectivity index (χ2n) is 7.46. The Morgan fingerprint density at radius 1 is 1.40 bits per heavy atom. The van der Waals surface area contributed by atoms with E-state index in [1.165, 1.54) is 0 Å². The Morgan fingerprint density at radius 2 is 2.30 bits per heavy atom. The molecule has 1 aromatic carbocycles. The number of aryl methyl sites for hydroxylation is 1. The van der Waals surface area contributed by atoms with Gasteiger partial charge in [0.2, 0.25) is 0 Å². The molecule has 0 amide bonds. The number of aromatic amines is 1. The highest BCUT2D eigenvalue weighted by molar-refractivity contribution is 7.19. The number of nitrogens with one attached hydrogen (secondary N) is 2. The third kappa shape index (κ3) is 3.24. The molecule has 1 atom stereocenters. The van der Waals surface area contributed by atoms with Crippen molar-refractivity contribution in [3.63, 3.8) is 0 Å². The molecule has 0 unspecified atom stereocenters. The van der Waals surface area contributed by atoms with Crippen molar-refractivity contribution < 1.29 is 14.6 Å². The number of nitrogens with zero attached hydrogens (tertiary/aromatic N) is 3. The van der Waals surface area contributed by atoms with Gasteiger partial charge in [-0.2, -0.15) is 5.10 Å². The Morgan fingerprint density at radius 3 is 3.13 bits per heavy atom. The maximum Gasteiger partial charge on any atom is 0.306 e. The van der Waals surface area contributed by atoms with E-state index in [-0.39, 0.29) is 5.92 Å². The van der Waals surface area contributed by atoms with Gasteiger partial charge in [0.25, 0.3) is 0 Å². The number of fused-ring (bicyclic) bond motifs is 4. The normalized spacial score (nSPS) is 16.0. The highest BCUT2D eigenvalue weighted by Gasteiger charge is 2.29. The Labute approximate surface area is 176 Å². The quantitative estimate of drug-likeness (QED) is 0.424. The van der Waals surface area contributed by atoms with Gasteiger partial charge in [-0.15, -0.1) is 11.3 Å². The largest absolute Gasteiger partial charge is 0.491 e. The van der Waals surface area contributed by atoms with Gasteiger partial charge in [-0.05, 0) is 37.3 Å². The van der Waals surface area contributed by atoms with E-state index >= 15 is 0 Å². The third-order valence-electron chi connectivity index (χ3n) is 5.45. The molecule has 9 heteroatoms. The lowest BCUT2D eigenvalue weighted by molar-refractivity contribution is -0.142. The first-order valence-corrected chi connectivity index (χ1v) is 10.8. The molecule has 0 spiro atoms. The van der Waals surface area contributed by atoms with Gasteiger partial charge in [0.05, 0.1) is 35.3 Å². The minimum atomic E-state index is -0.728. The Balaban J connectivity index is 1.57. The first kappa shape index (κ1) is 18.8. The van der Waals surface area contributed by atoms with Crippen LogP contribution in [0.5, 0.6) is 5.75 Å². The molecule has 0 aliphatic heterocycles. The van der Waals surface area contributed by atoms with E-state index in [1.807, 2.05) is 12.1 Å². The summed E-state index contributed by atoms with van der Waals surface area (Å²) in [5, 5.41) is 21.9. The predicted octanol–water partition coefficient (Wildman–Crippen LogP) is 4.29. The van der Waals surface area contributed by atoms with Gasteiger partial charge >= 0.3 is 5.97 Å². The number of benzene rings is 1. The average Bonchev–Trinajstić information content (AvgIpc) is 3.35. The van der Waals surface area contributed by atoms with Crippen LogP contribution in [-0.2, 0) is 17.6 Å². The molecule has 0 fully saturated rings. The van der Waals surface area contributed by atoms with E-state index in [4.69, 9.17) is 4.74 Å². The second kappa shape index (κ2) is 7.56. The zero-order chi connectivity index (χ0) is 20.7. The summed E-state index contributed by atoms with van der Waals surface area (Å²) in [6, 6.07) is 3.94. The molecule has 154 valence electrons. The van der Waals surface area contributed by atoms with Gasteiger partial charge < -0.3 is 15.2 Å². The number of aromatic nitrogens is 4. The second-order valence-corrected chi connectivity index (χ2v) is 8.55. The standard InChI is InChI=1S/C21H21N5O3S/c1-2-5-29-16-8-14-12(9-24-26-14)6-15(16)25-19-18-13-4-3-11(21(27)28)7-17(13)30-20(18)23-10-22-19/h6,8-11H,2-5,7H2,1H3,(H,24,26)(H,27,28)(H,22,23,25)/t11-/m0/s1. The molecule has 3 heterocycles. The molecular formula is C21H21N5O3S. The van der Waals surface area contributed by atoms with Crippen LogP contribution in [0.3, 0.4) is 0 Å². The van der Waals surface area contributed by atoms with Crippen LogP contribution < -0.4 is 10.1 Å². The summed E-state index contributed by atoms with van der Waals surface area (Å²) in [4.78, 5) is 22.4. The lowest BCUT2D eigenvalue weighted by Gasteiger charge is -2.19. The van der Waals surface area contributed by atoms with Crippen LogP contribution in [0.25, 0.3) is 21.1 Å². The number of aliphatic carboxylic acids is 1. The summed E-state index contributed by atoms with van der Waals surface area (Å²) in [5.74, 6) is 0.395. The minimum absolute atomic E-state index is 0.326. The van der Waals surface area contributed by atoms with Gasteiger partial charge in [0.1, 0.15) is 22.7 Å². The summed E-state index contributed by atoms with van der Waals surface area (Å²) in [6.45, 7) is 2.68. The maximum absolute atomic E-state index is 11.4. The van der Waals surface area contributed by atoms with Crippen molar-refractivity contribution >= 4 is 49.9 Å². The summed E-state index contributed by atoms with van der Waals surface area (Å²) >= 11 is 1.57. The molecule has 0 radical (unpaired) electrons. The van der Waals surface area contributed by atoms with Crippen LogP contribution in [-0.4, -0.2) is 37.8 Å². The zero-order valence-electron chi connectivity index (χ0n) is 16.4. The van der Waals surface area contributed by atoms with Crippen LogP contribution in [0, 0.1) is 5.92 Å². The Kier molecular flexibility index (Phi) is 4.74. The smallest absolute Gasteiger partial charge is 0.306 e. The van der Waals surface area contributed by atoms with E-state index in [2.05, 4.69) is 32.4 Å². The van der Waals surface area contributed by atoms with Crippen molar-refractivity contribution in [3.05, 3.63) is 35.1 Å². The van der Waals surface area contributed by atoms with E-state index in [9.17, 15) is 9.90 Å². The SMILES string of the molecule is CCCOc1cc2[nH]ncc2cc1Nc1ncnc2sc3c(c12)CC[C@H](C(=O)O)C3. The molecule has 30 heavy (non-hydrogen) atoms. The van der Waals surface area contributed by atoms with Crippen molar-refractivity contribution in [2.75, 3.05) is 11.9 Å². The molecule has 0 saturated carbocycles. The zero-order valence-corrected chi connectivity index (χ0v) is 17.3. The number of hydrogen-bond donors (Lipinski definition) is 3. The van der Waals surface area contributed by atoms with Gasteiger partial charge in [-0.25, -0.2) is 9.97 Å². The number of ether oxygens (including phenoxy) is 1. The van der Waals surface area contributed by atoms with Crippen molar-refractivity contribution in [1.82, 2.24) is 20.2 Å². The van der Waals surface area contributed by atoms with Gasteiger partial charge in [0.15, 0.2) is 0 Å². The fraction of sp³-hybridized carbons (Fsp3) is 0.333. The molecule has 3 aromatic heterocycles. The highest BCUT2D eigenvalue weighted by Crippen LogP contribution is 2.41. The predicted molar refractivity (Wildman–Crippen MR) is 116 cm³/mol. The van der Waals surface area contributed by atoms with E-state index < -0.39 is 5.97 Å². The molecule has 1 aliphatic rings. The van der Waals surface area contributed by atoms with Crippen molar-refractivity contribution in [2.24, 2.45) is 5.92 Å². The highest BCUT2D eigenvalue weighted by atomic mass is 32.1. The van der Waals surface area contributed by atoms with Gasteiger partial charge in [-0.1, -0.05) is 6.92 Å².